The Hall–Kier alpha value is -0.551. The van der Waals surface area contributed by atoms with Gasteiger partial charge in [0.2, 0.25) is 0 Å². The van der Waals surface area contributed by atoms with Crippen molar-refractivity contribution in [2.45, 2.75) is 96.0 Å². The van der Waals surface area contributed by atoms with Gasteiger partial charge in [-0.05, 0) is 0 Å². The van der Waals surface area contributed by atoms with Crippen LogP contribution in [0.3, 0.4) is 0 Å². The normalized spacial score (nSPS) is 10.8. The van der Waals surface area contributed by atoms with E-state index in [1.54, 1.807) is 12.1 Å². The second kappa shape index (κ2) is 15.5. The van der Waals surface area contributed by atoms with E-state index in [1.807, 2.05) is 12.1 Å². The molecule has 0 aliphatic carbocycles. The van der Waals surface area contributed by atoms with Crippen molar-refractivity contribution in [2.24, 2.45) is 0 Å². The molecule has 1 aromatic rings. The second-order valence-corrected chi connectivity index (χ2v) is 10.0. The number of rotatable bonds is 12. The number of aliphatic hydroxyl groups is 1. The standard InChI is InChI=1S/C10H12O3.C8H18.C4H9.Sn/c1-10(2,13)9(12)7-3-5-8(11)6-4-7;1-3-5-7-8-6-4-2;1-3-4-2;/h3-6,11,13H,1-2H3;3-8H2,1-2H3;1,3-4H2,2H3;/q;;;+1/p-1. The van der Waals surface area contributed by atoms with Crippen molar-refractivity contribution in [3.8, 4) is 5.75 Å². The molecule has 148 valence electrons. The first kappa shape index (κ1) is 25.4. The zero-order chi connectivity index (χ0) is 19.8. The number of hydrogen-bond acceptors (Lipinski definition) is 3. The molecule has 1 rings (SSSR count). The quantitative estimate of drug-likeness (QED) is 0.225. The molecule has 1 N–H and O–H groups in total. The number of unbranched alkanes of at least 4 members (excludes halogenated alkanes) is 6. The molecule has 3 nitrogen and oxygen atoms in total. The third kappa shape index (κ3) is 12.7. The Balaban J connectivity index is 0.000000660. The van der Waals surface area contributed by atoms with Crippen LogP contribution in [0.2, 0.25) is 4.44 Å². The summed E-state index contributed by atoms with van der Waals surface area (Å²) in [5, 5.41) is 9.64. The van der Waals surface area contributed by atoms with Gasteiger partial charge in [-0.2, -0.15) is 0 Å². The minimum atomic E-state index is -1.32. The molecule has 0 saturated heterocycles. The van der Waals surface area contributed by atoms with Gasteiger partial charge in [-0.1, -0.05) is 52.4 Å². The maximum absolute atomic E-state index is 11.8. The molecule has 0 aromatic heterocycles. The van der Waals surface area contributed by atoms with E-state index in [-0.39, 0.29) is 5.78 Å². The van der Waals surface area contributed by atoms with Gasteiger partial charge in [0.05, 0.1) is 0 Å². The summed E-state index contributed by atoms with van der Waals surface area (Å²) in [6.45, 7) is 9.69. The molecule has 0 atom stereocenters. The summed E-state index contributed by atoms with van der Waals surface area (Å²) < 4.78 is 6.94. The molecule has 0 aliphatic rings. The number of benzene rings is 1. The van der Waals surface area contributed by atoms with Gasteiger partial charge in [0.15, 0.2) is 0 Å². The SMILES string of the molecule is CCCCCCCC.CCC[CH2][Sn][O]c1ccc(C(=O)C(C)(C)O)cc1. The molecule has 0 aliphatic heterocycles. The molecular formula is C22H38O3Sn. The second-order valence-electron chi connectivity index (χ2n) is 7.18. The third-order valence-corrected chi connectivity index (χ3v) is 6.63. The van der Waals surface area contributed by atoms with E-state index in [9.17, 15) is 9.90 Å². The summed E-state index contributed by atoms with van der Waals surface area (Å²) in [5.74, 6) is 0.574. The fourth-order valence-electron chi connectivity index (χ4n) is 2.26. The van der Waals surface area contributed by atoms with Gasteiger partial charge in [-0.3, -0.25) is 0 Å². The van der Waals surface area contributed by atoms with Crippen LogP contribution in [0.15, 0.2) is 24.3 Å². The van der Waals surface area contributed by atoms with E-state index in [0.717, 1.165) is 5.75 Å². The van der Waals surface area contributed by atoms with Gasteiger partial charge in [-0.25, -0.2) is 0 Å². The van der Waals surface area contributed by atoms with Crippen LogP contribution >= 0.6 is 0 Å². The number of ketones is 1. The van der Waals surface area contributed by atoms with Crippen molar-refractivity contribution >= 4 is 27.3 Å². The minimum absolute atomic E-state index is 0.264. The van der Waals surface area contributed by atoms with E-state index in [2.05, 4.69) is 20.8 Å². The molecule has 0 spiro atoms. The van der Waals surface area contributed by atoms with Gasteiger partial charge in [0, 0.05) is 0 Å². The molecule has 26 heavy (non-hydrogen) atoms. The molecule has 0 amide bonds. The van der Waals surface area contributed by atoms with Crippen LogP contribution < -0.4 is 3.07 Å². The Labute approximate surface area is 171 Å². The van der Waals surface area contributed by atoms with Crippen molar-refractivity contribution in [1.29, 1.82) is 0 Å². The Morgan fingerprint density at radius 1 is 0.923 bits per heavy atom. The molecule has 0 fully saturated rings. The Morgan fingerprint density at radius 2 is 1.42 bits per heavy atom. The maximum atomic E-state index is 11.8. The fraction of sp³-hybridized carbons (Fsp3) is 0.682. The van der Waals surface area contributed by atoms with Crippen LogP contribution in [0.25, 0.3) is 0 Å². The fourth-order valence-corrected chi connectivity index (χ4v) is 4.84. The van der Waals surface area contributed by atoms with Gasteiger partial charge in [-0.15, -0.1) is 0 Å². The summed E-state index contributed by atoms with van der Waals surface area (Å²) in [4.78, 5) is 11.8. The molecule has 0 heterocycles. The molecule has 0 saturated carbocycles. The van der Waals surface area contributed by atoms with Crippen molar-refractivity contribution in [2.75, 3.05) is 0 Å². The van der Waals surface area contributed by atoms with E-state index in [0.29, 0.717) is 5.56 Å². The van der Waals surface area contributed by atoms with Crippen LogP contribution in [0.4, 0.5) is 0 Å². The van der Waals surface area contributed by atoms with Crippen LogP contribution in [0.1, 0.15) is 96.3 Å². The number of carbonyl (C=O) groups excluding carboxylic acids is 1. The van der Waals surface area contributed by atoms with E-state index >= 15 is 0 Å². The summed E-state index contributed by atoms with van der Waals surface area (Å²) in [5.41, 5.74) is -0.797. The van der Waals surface area contributed by atoms with Gasteiger partial charge >= 0.3 is 120 Å². The van der Waals surface area contributed by atoms with Crippen molar-refractivity contribution in [3.63, 3.8) is 0 Å². The third-order valence-electron chi connectivity index (χ3n) is 3.95. The average Bonchev–Trinajstić information content (AvgIpc) is 2.62. The van der Waals surface area contributed by atoms with E-state index in [1.165, 1.54) is 69.7 Å². The topological polar surface area (TPSA) is 46.5 Å². The number of hydrogen-bond donors (Lipinski definition) is 1. The summed E-state index contributed by atoms with van der Waals surface area (Å²) in [6, 6.07) is 7.06. The van der Waals surface area contributed by atoms with Crippen LogP contribution in [-0.4, -0.2) is 38.0 Å². The monoisotopic (exact) mass is 470 g/mol. The predicted molar refractivity (Wildman–Crippen MR) is 112 cm³/mol. The molecule has 0 unspecified atom stereocenters. The molecule has 0 bridgehead atoms. The van der Waals surface area contributed by atoms with Gasteiger partial charge < -0.3 is 0 Å². The van der Waals surface area contributed by atoms with Gasteiger partial charge in [0.1, 0.15) is 0 Å². The molecule has 4 heteroatoms. The van der Waals surface area contributed by atoms with E-state index < -0.39 is 27.2 Å². The van der Waals surface area contributed by atoms with Crippen molar-refractivity contribution in [3.05, 3.63) is 29.8 Å². The summed E-state index contributed by atoms with van der Waals surface area (Å²) >= 11 is -0.758. The Bertz CT molecular complexity index is 457. The first-order valence-electron chi connectivity index (χ1n) is 10.1. The first-order valence-corrected chi connectivity index (χ1v) is 13.3. The summed E-state index contributed by atoms with van der Waals surface area (Å²) in [7, 11) is 0. The molecular weight excluding hydrogens is 431 g/mol. The molecule has 2 radical (unpaired) electrons. The van der Waals surface area contributed by atoms with Gasteiger partial charge in [0.25, 0.3) is 0 Å². The van der Waals surface area contributed by atoms with Crippen LogP contribution in [0.5, 0.6) is 5.75 Å². The van der Waals surface area contributed by atoms with Crippen molar-refractivity contribution in [1.82, 2.24) is 0 Å². The van der Waals surface area contributed by atoms with Crippen molar-refractivity contribution < 1.29 is 13.0 Å². The van der Waals surface area contributed by atoms with Crippen LogP contribution in [0, 0.1) is 0 Å². The first-order chi connectivity index (χ1) is 12.4. The summed E-state index contributed by atoms with van der Waals surface area (Å²) in [6.07, 6.45) is 10.9. The average molecular weight is 469 g/mol. The number of Topliss-reactive ketones (excluding diaryl/α,β-unsaturated/α-hetero) is 1. The zero-order valence-electron chi connectivity index (χ0n) is 17.4. The Morgan fingerprint density at radius 3 is 1.85 bits per heavy atom. The predicted octanol–water partition coefficient (Wildman–Crippen LogP) is 6.22. The molecule has 1 aromatic carbocycles. The zero-order valence-corrected chi connectivity index (χ0v) is 20.3. The van der Waals surface area contributed by atoms with Crippen LogP contribution in [-0.2, 0) is 0 Å². The van der Waals surface area contributed by atoms with E-state index in [4.69, 9.17) is 3.07 Å². The Kier molecular flexibility index (Phi) is 15.2. The number of carbonyl (C=O) groups is 1.